The standard InChI is InChI=1S/C15H15N3O4S/c19-12-8-9(6-7-11(12)18(21)22)14(20)17-15-16-10-4-2-1-3-5-13(10)23-15/h6-8,19H,1-5H2,(H,16,17,20). The molecule has 0 bridgehead atoms. The van der Waals surface area contributed by atoms with E-state index in [9.17, 15) is 20.0 Å². The summed E-state index contributed by atoms with van der Waals surface area (Å²) in [6.07, 6.45) is 5.37. The Morgan fingerprint density at radius 3 is 2.83 bits per heavy atom. The van der Waals surface area contributed by atoms with Crippen LogP contribution in [0, 0.1) is 10.1 Å². The minimum atomic E-state index is -0.700. The lowest BCUT2D eigenvalue weighted by Crippen LogP contribution is -2.11. The molecular weight excluding hydrogens is 318 g/mol. The Balaban J connectivity index is 1.77. The van der Waals surface area contributed by atoms with Crippen molar-refractivity contribution in [3.8, 4) is 5.75 Å². The predicted molar refractivity (Wildman–Crippen MR) is 86.1 cm³/mol. The average Bonchev–Trinajstić information content (AvgIpc) is 2.75. The largest absolute Gasteiger partial charge is 0.502 e. The van der Waals surface area contributed by atoms with Crippen LogP contribution in [-0.2, 0) is 12.8 Å². The highest BCUT2D eigenvalue weighted by Crippen LogP contribution is 2.30. The number of phenols is 1. The molecule has 0 radical (unpaired) electrons. The summed E-state index contributed by atoms with van der Waals surface area (Å²) in [6.45, 7) is 0. The fraction of sp³-hybridized carbons (Fsp3) is 0.333. The number of nitrogens with one attached hydrogen (secondary N) is 1. The van der Waals surface area contributed by atoms with Crippen LogP contribution in [0.1, 0.15) is 40.2 Å². The number of aryl methyl sites for hydroxylation is 2. The Morgan fingerprint density at radius 2 is 2.09 bits per heavy atom. The van der Waals surface area contributed by atoms with E-state index in [0.717, 1.165) is 43.5 Å². The Labute approximate surface area is 136 Å². The summed E-state index contributed by atoms with van der Waals surface area (Å²) in [5, 5.41) is 23.5. The van der Waals surface area contributed by atoms with Crippen LogP contribution in [0.15, 0.2) is 18.2 Å². The van der Waals surface area contributed by atoms with Crippen molar-refractivity contribution >= 4 is 28.1 Å². The first-order valence-corrected chi connectivity index (χ1v) is 8.13. The monoisotopic (exact) mass is 333 g/mol. The number of amides is 1. The van der Waals surface area contributed by atoms with Gasteiger partial charge in [0.1, 0.15) is 0 Å². The number of rotatable bonds is 3. The normalized spacial score (nSPS) is 13.9. The van der Waals surface area contributed by atoms with Crippen molar-refractivity contribution in [2.24, 2.45) is 0 Å². The van der Waals surface area contributed by atoms with Gasteiger partial charge >= 0.3 is 5.69 Å². The van der Waals surface area contributed by atoms with Crippen molar-refractivity contribution < 1.29 is 14.8 Å². The summed E-state index contributed by atoms with van der Waals surface area (Å²) in [4.78, 5) is 27.8. The molecule has 0 saturated carbocycles. The molecule has 1 aliphatic carbocycles. The van der Waals surface area contributed by atoms with Gasteiger partial charge in [0, 0.05) is 16.5 Å². The number of anilines is 1. The lowest BCUT2D eigenvalue weighted by atomic mass is 10.2. The van der Waals surface area contributed by atoms with E-state index in [1.165, 1.54) is 28.7 Å². The maximum atomic E-state index is 12.2. The van der Waals surface area contributed by atoms with E-state index in [4.69, 9.17) is 0 Å². The number of aromatic hydroxyl groups is 1. The summed E-state index contributed by atoms with van der Waals surface area (Å²) in [5.41, 5.74) is 0.773. The van der Waals surface area contributed by atoms with E-state index in [1.54, 1.807) is 0 Å². The predicted octanol–water partition coefficient (Wildman–Crippen LogP) is 3.28. The first-order chi connectivity index (χ1) is 11.0. The molecule has 0 fully saturated rings. The first-order valence-electron chi connectivity index (χ1n) is 7.32. The fourth-order valence-corrected chi connectivity index (χ4v) is 3.62. The molecule has 1 aromatic heterocycles. The quantitative estimate of drug-likeness (QED) is 0.509. The number of benzene rings is 1. The van der Waals surface area contributed by atoms with Crippen LogP contribution in [0.5, 0.6) is 5.75 Å². The molecule has 1 amide bonds. The number of nitro benzene ring substituents is 1. The molecule has 7 nitrogen and oxygen atoms in total. The van der Waals surface area contributed by atoms with Gasteiger partial charge in [0.05, 0.1) is 10.6 Å². The molecule has 3 rings (SSSR count). The van der Waals surface area contributed by atoms with Crippen molar-refractivity contribution in [3.63, 3.8) is 0 Å². The summed E-state index contributed by atoms with van der Waals surface area (Å²) in [6, 6.07) is 3.51. The van der Waals surface area contributed by atoms with Crippen LogP contribution in [0.2, 0.25) is 0 Å². The lowest BCUT2D eigenvalue weighted by molar-refractivity contribution is -0.385. The molecule has 0 spiro atoms. The summed E-state index contributed by atoms with van der Waals surface area (Å²) in [7, 11) is 0. The van der Waals surface area contributed by atoms with Gasteiger partial charge in [0.25, 0.3) is 5.91 Å². The first kappa shape index (κ1) is 15.4. The minimum Gasteiger partial charge on any atom is -0.502 e. The molecule has 23 heavy (non-hydrogen) atoms. The highest BCUT2D eigenvalue weighted by Gasteiger charge is 2.18. The summed E-state index contributed by atoms with van der Waals surface area (Å²) in [5.74, 6) is -0.975. The lowest BCUT2D eigenvalue weighted by Gasteiger charge is -2.03. The average molecular weight is 333 g/mol. The van der Waals surface area contributed by atoms with Crippen LogP contribution in [0.4, 0.5) is 10.8 Å². The van der Waals surface area contributed by atoms with Crippen molar-refractivity contribution in [1.29, 1.82) is 0 Å². The second-order valence-electron chi connectivity index (χ2n) is 5.36. The van der Waals surface area contributed by atoms with Gasteiger partial charge in [0.15, 0.2) is 10.9 Å². The second kappa shape index (κ2) is 6.33. The number of carbonyl (C=O) groups is 1. The Morgan fingerprint density at radius 1 is 1.30 bits per heavy atom. The second-order valence-corrected chi connectivity index (χ2v) is 6.45. The summed E-state index contributed by atoms with van der Waals surface area (Å²) >= 11 is 1.47. The van der Waals surface area contributed by atoms with Gasteiger partial charge in [-0.3, -0.25) is 20.2 Å². The zero-order valence-corrected chi connectivity index (χ0v) is 13.1. The van der Waals surface area contributed by atoms with Gasteiger partial charge in [-0.2, -0.15) is 0 Å². The highest BCUT2D eigenvalue weighted by atomic mass is 32.1. The number of hydrogen-bond acceptors (Lipinski definition) is 6. The fourth-order valence-electron chi connectivity index (χ4n) is 2.57. The zero-order chi connectivity index (χ0) is 16.4. The topological polar surface area (TPSA) is 105 Å². The van der Waals surface area contributed by atoms with Gasteiger partial charge in [-0.05, 0) is 37.8 Å². The molecular formula is C15H15N3O4S. The third kappa shape index (κ3) is 3.31. The van der Waals surface area contributed by atoms with Crippen LogP contribution in [0.3, 0.4) is 0 Å². The number of nitro groups is 1. The van der Waals surface area contributed by atoms with Crippen molar-refractivity contribution in [1.82, 2.24) is 4.98 Å². The minimum absolute atomic E-state index is 0.151. The van der Waals surface area contributed by atoms with E-state index in [-0.39, 0.29) is 5.56 Å². The molecule has 0 saturated heterocycles. The molecule has 120 valence electrons. The van der Waals surface area contributed by atoms with Crippen LogP contribution in [-0.4, -0.2) is 20.9 Å². The van der Waals surface area contributed by atoms with E-state index in [2.05, 4.69) is 10.3 Å². The highest BCUT2D eigenvalue weighted by molar-refractivity contribution is 7.15. The van der Waals surface area contributed by atoms with Crippen molar-refractivity contribution in [3.05, 3.63) is 44.4 Å². The van der Waals surface area contributed by atoms with Crippen molar-refractivity contribution in [2.45, 2.75) is 32.1 Å². The molecule has 2 N–H and O–H groups in total. The van der Waals surface area contributed by atoms with Crippen LogP contribution >= 0.6 is 11.3 Å². The molecule has 0 unspecified atom stereocenters. The van der Waals surface area contributed by atoms with Gasteiger partial charge in [-0.1, -0.05) is 6.42 Å². The van der Waals surface area contributed by atoms with E-state index < -0.39 is 22.3 Å². The van der Waals surface area contributed by atoms with E-state index >= 15 is 0 Å². The maximum Gasteiger partial charge on any atom is 0.310 e. The van der Waals surface area contributed by atoms with Gasteiger partial charge < -0.3 is 5.11 Å². The Bertz CT molecular complexity index is 749. The number of aromatic nitrogens is 1. The summed E-state index contributed by atoms with van der Waals surface area (Å²) < 4.78 is 0. The van der Waals surface area contributed by atoms with Gasteiger partial charge in [-0.15, -0.1) is 11.3 Å². The SMILES string of the molecule is O=C(Nc1nc2c(s1)CCCCC2)c1ccc([N+](=O)[O-])c(O)c1. The molecule has 8 heteroatoms. The smallest absolute Gasteiger partial charge is 0.310 e. The Hall–Kier alpha value is -2.48. The molecule has 0 aliphatic heterocycles. The number of thiazole rings is 1. The number of hydrogen-bond donors (Lipinski definition) is 2. The number of nitrogens with zero attached hydrogens (tertiary/aromatic N) is 2. The van der Waals surface area contributed by atoms with E-state index in [0.29, 0.717) is 5.13 Å². The third-order valence-electron chi connectivity index (χ3n) is 3.75. The molecule has 1 aromatic carbocycles. The molecule has 2 aromatic rings. The number of fused-ring (bicyclic) bond motifs is 1. The van der Waals surface area contributed by atoms with Gasteiger partial charge in [-0.25, -0.2) is 4.98 Å². The maximum absolute atomic E-state index is 12.2. The Kier molecular flexibility index (Phi) is 4.24. The van der Waals surface area contributed by atoms with Crippen LogP contribution in [0.25, 0.3) is 0 Å². The number of carbonyl (C=O) groups excluding carboxylic acids is 1. The third-order valence-corrected chi connectivity index (χ3v) is 4.82. The molecule has 0 atom stereocenters. The zero-order valence-electron chi connectivity index (χ0n) is 12.2. The molecule has 1 aliphatic rings. The van der Waals surface area contributed by atoms with E-state index in [1.807, 2.05) is 0 Å². The molecule has 1 heterocycles. The van der Waals surface area contributed by atoms with Crippen molar-refractivity contribution in [2.75, 3.05) is 5.32 Å². The van der Waals surface area contributed by atoms with Gasteiger partial charge in [0.2, 0.25) is 0 Å². The van der Waals surface area contributed by atoms with Crippen LogP contribution < -0.4 is 5.32 Å². The number of phenolic OH excluding ortho intramolecular Hbond substituents is 1.